The number of nitrogens with zero attached hydrogens (tertiary/aromatic N) is 1. The minimum Gasteiger partial charge on any atom is -0.374 e. The lowest BCUT2D eigenvalue weighted by Gasteiger charge is -2.17. The maximum atomic E-state index is 8.49. The molecule has 7 heteroatoms. The largest absolute Gasteiger partial charge is 0.374 e. The first-order chi connectivity index (χ1) is 6.31. The van der Waals surface area contributed by atoms with E-state index in [1.54, 1.807) is 7.11 Å². The van der Waals surface area contributed by atoms with E-state index in [2.05, 4.69) is 18.5 Å². The van der Waals surface area contributed by atoms with Crippen LogP contribution in [-0.4, -0.2) is 38.1 Å². The van der Waals surface area contributed by atoms with Crippen molar-refractivity contribution < 1.29 is 38.2 Å². The molecule has 0 spiro atoms. The zero-order valence-electron chi connectivity index (χ0n) is 8.57. The molecule has 0 heterocycles. The molecule has 6 nitrogen and oxygen atoms in total. The molecule has 0 aromatic carbocycles. The average Bonchev–Trinajstić information content (AvgIpc) is 1.98. The van der Waals surface area contributed by atoms with E-state index in [1.165, 1.54) is 6.42 Å². The van der Waals surface area contributed by atoms with Crippen molar-refractivity contribution in [1.29, 1.82) is 0 Å². The maximum Gasteiger partial charge on any atom is 0.165 e. The normalized spacial score (nSPS) is 12.1. The highest BCUT2D eigenvalue weighted by Gasteiger charge is 1.89. The van der Waals surface area contributed by atoms with Crippen LogP contribution in [-0.2, 0) is 4.74 Å². The molecule has 0 aliphatic rings. The number of hydrogen-bond donors (Lipinski definition) is 0. The highest BCUT2D eigenvalue weighted by Crippen LogP contribution is 1.74. The standard InChI is InChI=1S/C7H16NO.ClHO4/c1-4-5-8(2)6-7-9-3;2-1(3,4)5/h6H,4-5,7H2,1-3H3;(H,2,3,4,5)/q+1;/p-1. The molecule has 86 valence electrons. The van der Waals surface area contributed by atoms with Gasteiger partial charge < -0.3 is 4.74 Å². The fourth-order valence-electron chi connectivity index (χ4n) is 0.646. The molecule has 0 aliphatic carbocycles. The molecule has 0 unspecified atom stereocenters. The molecule has 0 amide bonds. The van der Waals surface area contributed by atoms with Crippen LogP contribution in [0, 0.1) is 10.2 Å². The van der Waals surface area contributed by atoms with Crippen LogP contribution in [0.2, 0.25) is 0 Å². The Balaban J connectivity index is 0. The van der Waals surface area contributed by atoms with Crippen LogP contribution in [0.5, 0.6) is 0 Å². The second-order valence-electron chi connectivity index (χ2n) is 2.50. The van der Waals surface area contributed by atoms with Crippen LogP contribution < -0.4 is 18.6 Å². The van der Waals surface area contributed by atoms with Gasteiger partial charge in [-0.3, -0.25) is 0 Å². The van der Waals surface area contributed by atoms with Crippen molar-refractivity contribution >= 4 is 6.21 Å². The van der Waals surface area contributed by atoms with Gasteiger partial charge in [0.1, 0.15) is 20.2 Å². The summed E-state index contributed by atoms with van der Waals surface area (Å²) in [4.78, 5) is 0. The van der Waals surface area contributed by atoms with E-state index in [9.17, 15) is 0 Å². The summed E-state index contributed by atoms with van der Waals surface area (Å²) < 4.78 is 41.0. The van der Waals surface area contributed by atoms with Crippen LogP contribution >= 0.6 is 0 Å². The van der Waals surface area contributed by atoms with Crippen LogP contribution in [0.3, 0.4) is 0 Å². The van der Waals surface area contributed by atoms with E-state index in [0.29, 0.717) is 0 Å². The fraction of sp³-hybridized carbons (Fsp3) is 0.857. The molecule has 0 aromatic rings. The van der Waals surface area contributed by atoms with Gasteiger partial charge in [-0.1, -0.05) is 6.92 Å². The van der Waals surface area contributed by atoms with Crippen molar-refractivity contribution in [3.05, 3.63) is 0 Å². The van der Waals surface area contributed by atoms with Gasteiger partial charge in [-0.2, -0.15) is 0 Å². The lowest BCUT2D eigenvalue weighted by molar-refractivity contribution is -2.00. The summed E-state index contributed by atoms with van der Waals surface area (Å²) in [6.07, 6.45) is 3.24. The molecule has 0 bridgehead atoms. The molecule has 0 N–H and O–H groups in total. The SMILES string of the molecule is CCC[N+](C)=CCOC.[O-][Cl+3]([O-])([O-])[O-]. The van der Waals surface area contributed by atoms with Gasteiger partial charge in [0.15, 0.2) is 6.21 Å². The van der Waals surface area contributed by atoms with E-state index in [-0.39, 0.29) is 0 Å². The molecule has 0 atom stereocenters. The number of halogens is 1. The lowest BCUT2D eigenvalue weighted by atomic mass is 10.5. The van der Waals surface area contributed by atoms with E-state index in [1.807, 2.05) is 6.21 Å². The summed E-state index contributed by atoms with van der Waals surface area (Å²) in [5.41, 5.74) is 0. The molecular formula is C7H16ClNO5. The third-order valence-electron chi connectivity index (χ3n) is 1.13. The molecule has 14 heavy (non-hydrogen) atoms. The third-order valence-corrected chi connectivity index (χ3v) is 1.13. The van der Waals surface area contributed by atoms with Crippen molar-refractivity contribution in [2.75, 3.05) is 27.3 Å². The Bertz CT molecular complexity index is 151. The van der Waals surface area contributed by atoms with E-state index in [4.69, 9.17) is 23.4 Å². The molecule has 0 radical (unpaired) electrons. The Kier molecular flexibility index (Phi) is 10.8. The van der Waals surface area contributed by atoms with Gasteiger partial charge in [0, 0.05) is 13.5 Å². The second kappa shape index (κ2) is 9.32. The van der Waals surface area contributed by atoms with Crippen LogP contribution in [0.1, 0.15) is 13.3 Å². The fourth-order valence-corrected chi connectivity index (χ4v) is 0.646. The Labute approximate surface area is 85.8 Å². The molecule has 0 saturated carbocycles. The van der Waals surface area contributed by atoms with Crippen LogP contribution in [0.25, 0.3) is 0 Å². The monoisotopic (exact) mass is 229 g/mol. The van der Waals surface area contributed by atoms with Crippen molar-refractivity contribution in [3.8, 4) is 0 Å². The van der Waals surface area contributed by atoms with E-state index in [0.717, 1.165) is 13.2 Å². The molecule has 0 saturated heterocycles. The zero-order valence-corrected chi connectivity index (χ0v) is 9.32. The molecular weight excluding hydrogens is 214 g/mol. The summed E-state index contributed by atoms with van der Waals surface area (Å²) >= 11 is 0. The number of ether oxygens (including phenoxy) is 1. The van der Waals surface area contributed by atoms with E-state index >= 15 is 0 Å². The zero-order chi connectivity index (χ0) is 11.6. The van der Waals surface area contributed by atoms with Gasteiger partial charge in [-0.05, 0) is 0 Å². The van der Waals surface area contributed by atoms with Crippen molar-refractivity contribution in [2.45, 2.75) is 13.3 Å². The predicted molar refractivity (Wildman–Crippen MR) is 39.3 cm³/mol. The highest BCUT2D eigenvalue weighted by atomic mass is 35.7. The smallest absolute Gasteiger partial charge is 0.165 e. The van der Waals surface area contributed by atoms with Crippen molar-refractivity contribution in [2.24, 2.45) is 0 Å². The molecule has 0 fully saturated rings. The first-order valence-corrected chi connectivity index (χ1v) is 5.19. The summed E-state index contributed by atoms with van der Waals surface area (Å²) in [6, 6.07) is 0. The highest BCUT2D eigenvalue weighted by molar-refractivity contribution is 5.52. The van der Waals surface area contributed by atoms with Crippen molar-refractivity contribution in [1.82, 2.24) is 0 Å². The van der Waals surface area contributed by atoms with Gasteiger partial charge in [0.05, 0.1) is 0 Å². The quantitative estimate of drug-likeness (QED) is 0.361. The number of rotatable bonds is 4. The Morgan fingerprint density at radius 1 is 1.29 bits per heavy atom. The minimum absolute atomic E-state index is 0.719. The first kappa shape index (κ1) is 16.2. The third kappa shape index (κ3) is 29.8. The maximum absolute atomic E-state index is 8.49. The Morgan fingerprint density at radius 2 is 1.71 bits per heavy atom. The van der Waals surface area contributed by atoms with Gasteiger partial charge in [0.25, 0.3) is 0 Å². The topological polar surface area (TPSA) is 104 Å². The van der Waals surface area contributed by atoms with Gasteiger partial charge in [0.2, 0.25) is 0 Å². The van der Waals surface area contributed by atoms with Gasteiger partial charge >= 0.3 is 0 Å². The van der Waals surface area contributed by atoms with Gasteiger partial charge in [-0.25, -0.2) is 23.2 Å². The van der Waals surface area contributed by atoms with E-state index < -0.39 is 10.2 Å². The summed E-state index contributed by atoms with van der Waals surface area (Å²) in [6.45, 7) is 4.00. The molecule has 0 aromatic heterocycles. The molecule has 0 rings (SSSR count). The number of hydrogen-bond acceptors (Lipinski definition) is 5. The number of methoxy groups -OCH3 is 1. The van der Waals surface area contributed by atoms with Crippen LogP contribution in [0.4, 0.5) is 0 Å². The predicted octanol–water partition coefficient (Wildman–Crippen LogP) is -4.00. The Morgan fingerprint density at radius 3 is 2.00 bits per heavy atom. The van der Waals surface area contributed by atoms with Crippen LogP contribution in [0.15, 0.2) is 0 Å². The average molecular weight is 230 g/mol. The molecule has 0 aliphatic heterocycles. The van der Waals surface area contributed by atoms with Crippen molar-refractivity contribution in [3.63, 3.8) is 0 Å². The second-order valence-corrected chi connectivity index (χ2v) is 3.25. The van der Waals surface area contributed by atoms with Gasteiger partial charge in [-0.15, -0.1) is 10.2 Å². The Hall–Kier alpha value is -0.240. The summed E-state index contributed by atoms with van der Waals surface area (Å²) in [5.74, 6) is 0. The first-order valence-electron chi connectivity index (χ1n) is 3.95. The minimum atomic E-state index is -4.94. The summed E-state index contributed by atoms with van der Waals surface area (Å²) in [5, 5.41) is 0. The lowest BCUT2D eigenvalue weighted by Crippen LogP contribution is -2.68. The summed E-state index contributed by atoms with van der Waals surface area (Å²) in [7, 11) is -1.18.